The molecule has 0 aliphatic rings. The Balaban J connectivity index is 2.01. The summed E-state index contributed by atoms with van der Waals surface area (Å²) in [5, 5.41) is 14.1. The number of aromatic nitrogens is 1. The molecule has 11 heteroatoms. The average molecular weight is 439 g/mol. The molecule has 1 heterocycles. The number of benzene rings is 1. The Morgan fingerprint density at radius 3 is 2.48 bits per heavy atom. The van der Waals surface area contributed by atoms with Gasteiger partial charge in [0.1, 0.15) is 4.90 Å². The zero-order chi connectivity index (χ0) is 21.6. The Labute approximate surface area is 173 Å². The van der Waals surface area contributed by atoms with Gasteiger partial charge >= 0.3 is 0 Å². The molecule has 2 aromatic rings. The molecule has 29 heavy (non-hydrogen) atoms. The third-order valence-corrected chi connectivity index (χ3v) is 7.16. The van der Waals surface area contributed by atoms with E-state index in [1.807, 2.05) is 0 Å². The van der Waals surface area contributed by atoms with Crippen LogP contribution in [0.1, 0.15) is 19.4 Å². The van der Waals surface area contributed by atoms with E-state index in [1.165, 1.54) is 28.7 Å². The molecule has 9 nitrogen and oxygen atoms in total. The topological polar surface area (TPSA) is 123 Å². The molecule has 1 aromatic heterocycles. The van der Waals surface area contributed by atoms with Gasteiger partial charge in [0.05, 0.1) is 27.0 Å². The first kappa shape index (κ1) is 22.8. The van der Waals surface area contributed by atoms with Crippen LogP contribution in [0.2, 0.25) is 0 Å². The molecule has 1 N–H and O–H groups in total. The smallest absolute Gasteiger partial charge is 0.274 e. The lowest BCUT2D eigenvalue weighted by Gasteiger charge is -2.18. The maximum Gasteiger partial charge on any atom is 0.274 e. The molecule has 0 aliphatic carbocycles. The predicted molar refractivity (Wildman–Crippen MR) is 112 cm³/mol. The van der Waals surface area contributed by atoms with Crippen molar-refractivity contribution in [3.8, 4) is 0 Å². The van der Waals surface area contributed by atoms with Crippen LogP contribution in [0.25, 0.3) is 0 Å². The highest BCUT2D eigenvalue weighted by Crippen LogP contribution is 2.25. The number of hydrogen-bond acceptors (Lipinski definition) is 7. The number of nitro groups is 1. The van der Waals surface area contributed by atoms with Crippen molar-refractivity contribution in [2.24, 2.45) is 0 Å². The lowest BCUT2D eigenvalue weighted by Crippen LogP contribution is -2.30. The van der Waals surface area contributed by atoms with E-state index in [9.17, 15) is 23.3 Å². The van der Waals surface area contributed by atoms with E-state index in [0.717, 1.165) is 11.8 Å². The molecule has 1 aromatic carbocycles. The van der Waals surface area contributed by atoms with Crippen molar-refractivity contribution in [2.45, 2.75) is 30.7 Å². The molecule has 0 atom stereocenters. The summed E-state index contributed by atoms with van der Waals surface area (Å²) in [5.74, 6) is -0.322. The van der Waals surface area contributed by atoms with Crippen LogP contribution in [0.5, 0.6) is 0 Å². The number of nitrogens with zero attached hydrogens (tertiary/aromatic N) is 3. The highest BCUT2D eigenvalue weighted by atomic mass is 32.2. The monoisotopic (exact) mass is 438 g/mol. The largest absolute Gasteiger partial charge is 0.325 e. The number of hydrogen-bond donors (Lipinski definition) is 1. The van der Waals surface area contributed by atoms with Crippen LogP contribution in [0.4, 0.5) is 11.4 Å². The molecule has 1 amide bonds. The van der Waals surface area contributed by atoms with Crippen LogP contribution in [0.3, 0.4) is 0 Å². The molecule has 0 bridgehead atoms. The number of pyridine rings is 1. The normalized spacial score (nSPS) is 11.4. The van der Waals surface area contributed by atoms with E-state index in [4.69, 9.17) is 0 Å². The fourth-order valence-electron chi connectivity index (χ4n) is 2.60. The van der Waals surface area contributed by atoms with Gasteiger partial charge in [-0.25, -0.2) is 13.4 Å². The Morgan fingerprint density at radius 1 is 1.24 bits per heavy atom. The van der Waals surface area contributed by atoms with Crippen LogP contribution >= 0.6 is 11.8 Å². The number of thioether (sulfide) groups is 1. The van der Waals surface area contributed by atoms with Crippen molar-refractivity contribution < 1.29 is 18.1 Å². The number of nitro benzene ring substituents is 1. The van der Waals surface area contributed by atoms with Crippen LogP contribution < -0.4 is 5.32 Å². The number of nitrogens with one attached hydrogen (secondary N) is 1. The van der Waals surface area contributed by atoms with E-state index in [0.29, 0.717) is 29.4 Å². The third-order valence-electron chi connectivity index (χ3n) is 4.18. The SMILES string of the molecule is CCN(CC)S(=O)(=O)c1ccc(SCC(=O)Nc2cccc([N+](=O)[O-])c2C)nc1. The molecule has 0 fully saturated rings. The van der Waals surface area contributed by atoms with E-state index in [2.05, 4.69) is 10.3 Å². The summed E-state index contributed by atoms with van der Waals surface area (Å²) >= 11 is 1.14. The quantitative estimate of drug-likeness (QED) is 0.363. The lowest BCUT2D eigenvalue weighted by molar-refractivity contribution is -0.385. The average Bonchev–Trinajstić information content (AvgIpc) is 2.69. The van der Waals surface area contributed by atoms with Gasteiger partial charge in [-0.3, -0.25) is 14.9 Å². The van der Waals surface area contributed by atoms with Gasteiger partial charge < -0.3 is 5.32 Å². The van der Waals surface area contributed by atoms with Gasteiger partial charge in [0.2, 0.25) is 15.9 Å². The molecule has 0 saturated heterocycles. The van der Waals surface area contributed by atoms with Crippen LogP contribution in [-0.4, -0.2) is 47.4 Å². The van der Waals surface area contributed by atoms with Gasteiger partial charge in [0.25, 0.3) is 5.69 Å². The number of carbonyl (C=O) groups is 1. The number of sulfonamides is 1. The molecule has 156 valence electrons. The van der Waals surface area contributed by atoms with E-state index < -0.39 is 14.9 Å². The van der Waals surface area contributed by atoms with Crippen molar-refractivity contribution in [2.75, 3.05) is 24.2 Å². The second-order valence-corrected chi connectivity index (χ2v) is 8.90. The Kier molecular flexibility index (Phi) is 7.71. The first-order valence-electron chi connectivity index (χ1n) is 8.83. The minimum Gasteiger partial charge on any atom is -0.325 e. The van der Waals surface area contributed by atoms with E-state index >= 15 is 0 Å². The molecule has 0 radical (unpaired) electrons. The summed E-state index contributed by atoms with van der Waals surface area (Å²) in [6, 6.07) is 7.48. The van der Waals surface area contributed by atoms with Crippen LogP contribution in [0, 0.1) is 17.0 Å². The number of carbonyl (C=O) groups excluding carboxylic acids is 1. The summed E-state index contributed by atoms with van der Waals surface area (Å²) in [7, 11) is -3.58. The minimum absolute atomic E-state index is 0.0251. The van der Waals surface area contributed by atoms with Gasteiger partial charge in [-0.05, 0) is 25.1 Å². The summed E-state index contributed by atoms with van der Waals surface area (Å²) in [4.78, 5) is 26.9. The highest BCUT2D eigenvalue weighted by molar-refractivity contribution is 7.99. The van der Waals surface area contributed by atoms with Gasteiger partial charge in [-0.15, -0.1) is 0 Å². The molecular formula is C18H22N4O5S2. The fourth-order valence-corrected chi connectivity index (χ4v) is 4.65. The second-order valence-electron chi connectivity index (χ2n) is 5.97. The zero-order valence-electron chi connectivity index (χ0n) is 16.3. The first-order chi connectivity index (χ1) is 13.7. The van der Waals surface area contributed by atoms with Crippen molar-refractivity contribution in [3.05, 3.63) is 52.2 Å². The molecule has 0 spiro atoms. The Morgan fingerprint density at radius 2 is 1.93 bits per heavy atom. The maximum atomic E-state index is 12.4. The second kappa shape index (κ2) is 9.81. The number of anilines is 1. The fraction of sp³-hybridized carbons (Fsp3) is 0.333. The number of rotatable bonds is 9. The predicted octanol–water partition coefficient (Wildman–Crippen LogP) is 3.06. The zero-order valence-corrected chi connectivity index (χ0v) is 17.9. The van der Waals surface area contributed by atoms with Gasteiger partial charge in [0.15, 0.2) is 0 Å². The van der Waals surface area contributed by atoms with E-state index in [-0.39, 0.29) is 22.2 Å². The van der Waals surface area contributed by atoms with Gasteiger partial charge in [0, 0.05) is 25.4 Å². The maximum absolute atomic E-state index is 12.4. The van der Waals surface area contributed by atoms with Crippen LogP contribution in [-0.2, 0) is 14.8 Å². The molecule has 2 rings (SSSR count). The minimum atomic E-state index is -3.58. The standard InChI is InChI=1S/C18H22N4O5S2/c1-4-21(5-2)29(26,27)14-9-10-18(19-11-14)28-12-17(23)20-15-7-6-8-16(13(15)3)22(24)25/h6-11H,4-5,12H2,1-3H3,(H,20,23). The summed E-state index contributed by atoms with van der Waals surface area (Å²) in [5.41, 5.74) is 0.681. The van der Waals surface area contributed by atoms with Crippen LogP contribution in [0.15, 0.2) is 46.5 Å². The molecule has 0 aliphatic heterocycles. The highest BCUT2D eigenvalue weighted by Gasteiger charge is 2.22. The molecular weight excluding hydrogens is 416 g/mol. The summed E-state index contributed by atoms with van der Waals surface area (Å²) in [6.07, 6.45) is 1.28. The Hall–Kier alpha value is -2.50. The van der Waals surface area contributed by atoms with Crippen molar-refractivity contribution in [1.29, 1.82) is 0 Å². The summed E-state index contributed by atoms with van der Waals surface area (Å²) in [6.45, 7) is 5.83. The summed E-state index contributed by atoms with van der Waals surface area (Å²) < 4.78 is 26.2. The van der Waals surface area contributed by atoms with Crippen molar-refractivity contribution in [3.63, 3.8) is 0 Å². The van der Waals surface area contributed by atoms with E-state index in [1.54, 1.807) is 32.9 Å². The molecule has 0 unspecified atom stereocenters. The molecule has 0 saturated carbocycles. The Bertz CT molecular complexity index is 990. The number of amides is 1. The third kappa shape index (κ3) is 5.52. The van der Waals surface area contributed by atoms with Crippen molar-refractivity contribution in [1.82, 2.24) is 9.29 Å². The van der Waals surface area contributed by atoms with Gasteiger partial charge in [-0.2, -0.15) is 4.31 Å². The van der Waals surface area contributed by atoms with Gasteiger partial charge in [-0.1, -0.05) is 31.7 Å². The first-order valence-corrected chi connectivity index (χ1v) is 11.3. The van der Waals surface area contributed by atoms with Crippen molar-refractivity contribution >= 4 is 39.1 Å². The lowest BCUT2D eigenvalue weighted by atomic mass is 10.1.